The highest BCUT2D eigenvalue weighted by Gasteiger charge is 2.22. The van der Waals surface area contributed by atoms with Crippen LogP contribution in [0.5, 0.6) is 5.75 Å². The van der Waals surface area contributed by atoms with Crippen molar-refractivity contribution in [1.82, 2.24) is 15.1 Å². The molecule has 1 aromatic heterocycles. The summed E-state index contributed by atoms with van der Waals surface area (Å²) in [5.41, 5.74) is 2.46. The van der Waals surface area contributed by atoms with Crippen molar-refractivity contribution in [3.05, 3.63) is 47.8 Å². The van der Waals surface area contributed by atoms with Crippen LogP contribution in [0.25, 0.3) is 0 Å². The quantitative estimate of drug-likeness (QED) is 0.859. The number of aryl methyl sites for hydroxylation is 1. The zero-order chi connectivity index (χ0) is 16.1. The largest absolute Gasteiger partial charge is 0.491 e. The van der Waals surface area contributed by atoms with Crippen LogP contribution in [-0.2, 0) is 0 Å². The summed E-state index contributed by atoms with van der Waals surface area (Å²) in [6, 6.07) is 7.92. The van der Waals surface area contributed by atoms with E-state index in [0.29, 0.717) is 19.1 Å². The molecule has 23 heavy (non-hydrogen) atoms. The smallest absolute Gasteiger partial charge is 0.119 e. The van der Waals surface area contributed by atoms with Gasteiger partial charge in [0.2, 0.25) is 0 Å². The third-order valence-electron chi connectivity index (χ3n) is 4.48. The Labute approximate surface area is 137 Å². The standard InChI is InChI=1S/C18H25N3O2/c1-14-3-2-4-18(9-14)23-13-17(22)12-21-7-5-15(6-8-21)16-10-19-20-11-16/h2-4,9-11,15,17,22H,5-8,12-13H2,1H3,(H,19,20). The molecule has 1 unspecified atom stereocenters. The zero-order valence-corrected chi connectivity index (χ0v) is 13.6. The van der Waals surface area contributed by atoms with Gasteiger partial charge in [0.05, 0.1) is 6.20 Å². The highest BCUT2D eigenvalue weighted by atomic mass is 16.5. The van der Waals surface area contributed by atoms with Crippen molar-refractivity contribution in [1.29, 1.82) is 0 Å². The number of piperidine rings is 1. The zero-order valence-electron chi connectivity index (χ0n) is 13.6. The van der Waals surface area contributed by atoms with Gasteiger partial charge in [0.25, 0.3) is 0 Å². The SMILES string of the molecule is Cc1cccc(OCC(O)CN2CCC(c3cn[nH]c3)CC2)c1. The van der Waals surface area contributed by atoms with E-state index in [2.05, 4.69) is 15.1 Å². The number of aromatic amines is 1. The van der Waals surface area contributed by atoms with Gasteiger partial charge in [-0.05, 0) is 62.0 Å². The molecule has 2 heterocycles. The molecule has 0 bridgehead atoms. The van der Waals surface area contributed by atoms with Crippen LogP contribution in [0.15, 0.2) is 36.7 Å². The van der Waals surface area contributed by atoms with Crippen molar-refractivity contribution in [2.45, 2.75) is 31.8 Å². The Morgan fingerprint density at radius 3 is 2.91 bits per heavy atom. The minimum absolute atomic E-state index is 0.338. The molecule has 0 amide bonds. The average Bonchev–Trinajstić information content (AvgIpc) is 3.08. The van der Waals surface area contributed by atoms with Crippen molar-refractivity contribution in [2.24, 2.45) is 0 Å². The van der Waals surface area contributed by atoms with Crippen LogP contribution >= 0.6 is 0 Å². The maximum atomic E-state index is 10.2. The van der Waals surface area contributed by atoms with Crippen LogP contribution in [0.4, 0.5) is 0 Å². The molecule has 0 saturated carbocycles. The maximum absolute atomic E-state index is 10.2. The van der Waals surface area contributed by atoms with Crippen molar-refractivity contribution < 1.29 is 9.84 Å². The number of likely N-dealkylation sites (tertiary alicyclic amines) is 1. The second-order valence-electron chi connectivity index (χ2n) is 6.39. The summed E-state index contributed by atoms with van der Waals surface area (Å²) in [7, 11) is 0. The summed E-state index contributed by atoms with van der Waals surface area (Å²) in [6.07, 6.45) is 5.69. The number of aliphatic hydroxyl groups is 1. The number of β-amino-alcohol motifs (C(OH)–C–C–N with tert-alkyl or cyclic N) is 1. The number of rotatable bonds is 6. The molecular formula is C18H25N3O2. The second-order valence-corrected chi connectivity index (χ2v) is 6.39. The van der Waals surface area contributed by atoms with Gasteiger partial charge in [-0.15, -0.1) is 0 Å². The second kappa shape index (κ2) is 7.62. The first-order chi connectivity index (χ1) is 11.2. The summed E-state index contributed by atoms with van der Waals surface area (Å²) < 4.78 is 5.68. The van der Waals surface area contributed by atoms with Crippen LogP contribution in [0, 0.1) is 6.92 Å². The molecule has 1 aromatic carbocycles. The molecule has 3 rings (SSSR count). The van der Waals surface area contributed by atoms with Crippen LogP contribution in [0.3, 0.4) is 0 Å². The fourth-order valence-corrected chi connectivity index (χ4v) is 3.18. The molecule has 1 saturated heterocycles. The Hall–Kier alpha value is -1.85. The molecule has 0 radical (unpaired) electrons. The van der Waals surface area contributed by atoms with Gasteiger partial charge >= 0.3 is 0 Å². The van der Waals surface area contributed by atoms with Gasteiger partial charge in [-0.25, -0.2) is 0 Å². The number of H-pyrrole nitrogens is 1. The number of aliphatic hydroxyl groups excluding tert-OH is 1. The molecule has 5 heteroatoms. The lowest BCUT2D eigenvalue weighted by molar-refractivity contribution is 0.0594. The molecule has 1 aliphatic heterocycles. The van der Waals surface area contributed by atoms with Crippen molar-refractivity contribution in [3.63, 3.8) is 0 Å². The van der Waals surface area contributed by atoms with E-state index in [9.17, 15) is 5.11 Å². The lowest BCUT2D eigenvalue weighted by atomic mass is 9.91. The molecule has 2 N–H and O–H groups in total. The Bertz CT molecular complexity index is 592. The van der Waals surface area contributed by atoms with E-state index in [1.807, 2.05) is 43.6 Å². The van der Waals surface area contributed by atoms with Gasteiger partial charge in [0, 0.05) is 12.7 Å². The van der Waals surface area contributed by atoms with Gasteiger partial charge in [0.15, 0.2) is 0 Å². The summed E-state index contributed by atoms with van der Waals surface area (Å²) >= 11 is 0. The van der Waals surface area contributed by atoms with Crippen molar-refractivity contribution >= 4 is 0 Å². The van der Waals surface area contributed by atoms with E-state index < -0.39 is 6.10 Å². The molecule has 0 aliphatic carbocycles. The summed E-state index contributed by atoms with van der Waals surface area (Å²) in [5.74, 6) is 1.41. The van der Waals surface area contributed by atoms with E-state index in [4.69, 9.17) is 4.74 Å². The van der Waals surface area contributed by atoms with Gasteiger partial charge in [0.1, 0.15) is 18.5 Å². The Balaban J connectivity index is 1.40. The average molecular weight is 315 g/mol. The normalized spacial score (nSPS) is 18.0. The van der Waals surface area contributed by atoms with Crippen LogP contribution in [0.2, 0.25) is 0 Å². The lowest BCUT2D eigenvalue weighted by Gasteiger charge is -2.32. The highest BCUT2D eigenvalue weighted by molar-refractivity contribution is 5.27. The maximum Gasteiger partial charge on any atom is 0.119 e. The van der Waals surface area contributed by atoms with Gasteiger partial charge in [-0.3, -0.25) is 5.10 Å². The number of ether oxygens (including phenoxy) is 1. The molecule has 0 spiro atoms. The number of hydrogen-bond acceptors (Lipinski definition) is 4. The first kappa shape index (κ1) is 16.0. The minimum Gasteiger partial charge on any atom is -0.491 e. The molecular weight excluding hydrogens is 290 g/mol. The summed E-state index contributed by atoms with van der Waals surface area (Å²) in [6.45, 7) is 5.07. The van der Waals surface area contributed by atoms with E-state index in [1.165, 1.54) is 11.1 Å². The predicted molar refractivity (Wildman–Crippen MR) is 89.7 cm³/mol. The van der Waals surface area contributed by atoms with Crippen LogP contribution < -0.4 is 4.74 Å². The van der Waals surface area contributed by atoms with Gasteiger partial charge in [-0.1, -0.05) is 12.1 Å². The first-order valence-electron chi connectivity index (χ1n) is 8.29. The van der Waals surface area contributed by atoms with Crippen LogP contribution in [0.1, 0.15) is 29.9 Å². The lowest BCUT2D eigenvalue weighted by Crippen LogP contribution is -2.40. The monoisotopic (exact) mass is 315 g/mol. The summed E-state index contributed by atoms with van der Waals surface area (Å²) in [5, 5.41) is 17.1. The summed E-state index contributed by atoms with van der Waals surface area (Å²) in [4.78, 5) is 2.32. The van der Waals surface area contributed by atoms with Gasteiger partial charge < -0.3 is 14.7 Å². The number of nitrogens with one attached hydrogen (secondary N) is 1. The minimum atomic E-state index is -0.457. The molecule has 5 nitrogen and oxygen atoms in total. The number of hydrogen-bond donors (Lipinski definition) is 2. The van der Waals surface area contributed by atoms with Crippen molar-refractivity contribution in [3.8, 4) is 5.75 Å². The van der Waals surface area contributed by atoms with Gasteiger partial charge in [-0.2, -0.15) is 5.10 Å². The Kier molecular flexibility index (Phi) is 5.31. The van der Waals surface area contributed by atoms with E-state index >= 15 is 0 Å². The predicted octanol–water partition coefficient (Wildman–Crippen LogP) is 2.34. The molecule has 2 aromatic rings. The number of nitrogens with zero attached hydrogens (tertiary/aromatic N) is 2. The van der Waals surface area contributed by atoms with E-state index in [1.54, 1.807) is 0 Å². The Morgan fingerprint density at radius 1 is 1.39 bits per heavy atom. The number of benzene rings is 1. The van der Waals surface area contributed by atoms with Crippen LogP contribution in [-0.4, -0.2) is 52.5 Å². The first-order valence-corrected chi connectivity index (χ1v) is 8.29. The highest BCUT2D eigenvalue weighted by Crippen LogP contribution is 2.27. The fourth-order valence-electron chi connectivity index (χ4n) is 3.18. The van der Waals surface area contributed by atoms with E-state index in [0.717, 1.165) is 31.7 Å². The third-order valence-corrected chi connectivity index (χ3v) is 4.48. The van der Waals surface area contributed by atoms with Crippen molar-refractivity contribution in [2.75, 3.05) is 26.2 Å². The molecule has 1 aliphatic rings. The molecule has 1 fully saturated rings. The van der Waals surface area contributed by atoms with E-state index in [-0.39, 0.29) is 0 Å². The number of aromatic nitrogens is 2. The molecule has 124 valence electrons. The topological polar surface area (TPSA) is 61.4 Å². The third kappa shape index (κ3) is 4.56. The Morgan fingerprint density at radius 2 is 2.22 bits per heavy atom. The molecule has 1 atom stereocenters. The fraction of sp³-hybridized carbons (Fsp3) is 0.500.